The number of hydrogen-bond donors (Lipinski definition) is 1. The molecule has 0 spiro atoms. The summed E-state index contributed by atoms with van der Waals surface area (Å²) in [6, 6.07) is 4.29. The molecule has 2 aromatic heterocycles. The Hall–Kier alpha value is -2.37. The van der Waals surface area contributed by atoms with Gasteiger partial charge in [-0.15, -0.1) is 23.1 Å². The predicted molar refractivity (Wildman–Crippen MR) is 140 cm³/mol. The van der Waals surface area contributed by atoms with Crippen LogP contribution >= 0.6 is 23.1 Å². The second-order valence-electron chi connectivity index (χ2n) is 9.11. The fourth-order valence-electron chi connectivity index (χ4n) is 4.84. The topological polar surface area (TPSA) is 92.1 Å². The Bertz CT molecular complexity index is 1120. The van der Waals surface area contributed by atoms with Crippen LogP contribution in [0.25, 0.3) is 0 Å². The summed E-state index contributed by atoms with van der Waals surface area (Å²) < 4.78 is 5.32. The third-order valence-electron chi connectivity index (χ3n) is 6.61. The molecule has 35 heavy (non-hydrogen) atoms. The van der Waals surface area contributed by atoms with Gasteiger partial charge in [-0.3, -0.25) is 4.79 Å². The molecule has 0 radical (unpaired) electrons. The van der Waals surface area contributed by atoms with Gasteiger partial charge >= 0.3 is 5.97 Å². The summed E-state index contributed by atoms with van der Waals surface area (Å²) in [5, 5.41) is 14.0. The average molecular weight is 512 g/mol. The number of carbonyl (C=O) groups is 2. The summed E-state index contributed by atoms with van der Waals surface area (Å²) in [7, 11) is 0. The second kappa shape index (κ2) is 12.5. The first-order valence-corrected chi connectivity index (χ1v) is 14.6. The number of anilines is 1. The highest BCUT2D eigenvalue weighted by Crippen LogP contribution is 2.38. The smallest absolute Gasteiger partial charge is 0.341 e. The number of nitriles is 1. The van der Waals surface area contributed by atoms with Crippen LogP contribution in [0.1, 0.15) is 95.9 Å². The lowest BCUT2D eigenvalue weighted by Gasteiger charge is -2.15. The van der Waals surface area contributed by atoms with E-state index < -0.39 is 0 Å². The Labute approximate surface area is 215 Å². The first kappa shape index (κ1) is 25.7. The third kappa shape index (κ3) is 6.45. The Morgan fingerprint density at radius 3 is 2.66 bits per heavy atom. The molecule has 0 bridgehead atoms. The van der Waals surface area contributed by atoms with Gasteiger partial charge < -0.3 is 10.1 Å². The van der Waals surface area contributed by atoms with E-state index in [-0.39, 0.29) is 18.3 Å². The third-order valence-corrected chi connectivity index (χ3v) is 8.81. The molecule has 1 N–H and O–H groups in total. The summed E-state index contributed by atoms with van der Waals surface area (Å²) >= 11 is 2.98. The zero-order valence-electron chi connectivity index (χ0n) is 20.4. The normalized spacial score (nSPS) is 15.5. The Kier molecular flexibility index (Phi) is 9.22. The number of aromatic nitrogens is 1. The van der Waals surface area contributed by atoms with E-state index >= 15 is 0 Å². The number of thiophene rings is 1. The van der Waals surface area contributed by atoms with Crippen LogP contribution in [0, 0.1) is 11.3 Å². The maximum atomic E-state index is 12.8. The van der Waals surface area contributed by atoms with Gasteiger partial charge in [0.25, 0.3) is 0 Å². The molecule has 0 aromatic carbocycles. The van der Waals surface area contributed by atoms with Gasteiger partial charge in [-0.05, 0) is 75.5 Å². The van der Waals surface area contributed by atoms with Crippen molar-refractivity contribution in [3.63, 3.8) is 0 Å². The van der Waals surface area contributed by atoms with E-state index in [1.54, 1.807) is 6.92 Å². The molecule has 0 fully saturated rings. The summed E-state index contributed by atoms with van der Waals surface area (Å²) in [6.07, 6.45) is 12.1. The number of aryl methyl sites for hydroxylation is 3. The summed E-state index contributed by atoms with van der Waals surface area (Å²) in [6.45, 7) is 2.11. The minimum Gasteiger partial charge on any atom is -0.462 e. The van der Waals surface area contributed by atoms with E-state index in [0.717, 1.165) is 74.1 Å². The summed E-state index contributed by atoms with van der Waals surface area (Å²) in [5.74, 6) is 0.0380. The Morgan fingerprint density at radius 2 is 1.86 bits per heavy atom. The number of nitrogens with one attached hydrogen (secondary N) is 1. The van der Waals surface area contributed by atoms with E-state index in [2.05, 4.69) is 11.4 Å². The Balaban J connectivity index is 1.42. The van der Waals surface area contributed by atoms with Crippen molar-refractivity contribution in [2.45, 2.75) is 89.0 Å². The minimum absolute atomic E-state index is 0.135. The van der Waals surface area contributed by atoms with Gasteiger partial charge in [0.05, 0.1) is 17.7 Å². The molecule has 2 aliphatic rings. The quantitative estimate of drug-likeness (QED) is 0.269. The van der Waals surface area contributed by atoms with E-state index in [1.165, 1.54) is 46.4 Å². The highest BCUT2D eigenvalue weighted by Gasteiger charge is 2.26. The molecule has 2 aliphatic carbocycles. The van der Waals surface area contributed by atoms with Gasteiger partial charge in [-0.1, -0.05) is 19.3 Å². The van der Waals surface area contributed by atoms with E-state index in [0.29, 0.717) is 28.5 Å². The fraction of sp³-hybridized carbons (Fsp3) is 0.556. The number of esters is 1. The van der Waals surface area contributed by atoms with Gasteiger partial charge in [-0.2, -0.15) is 5.26 Å². The number of nitrogens with zero attached hydrogens (tertiary/aromatic N) is 2. The molecule has 6 nitrogen and oxygen atoms in total. The van der Waals surface area contributed by atoms with Crippen LogP contribution in [0.3, 0.4) is 0 Å². The molecule has 0 aliphatic heterocycles. The van der Waals surface area contributed by atoms with Crippen molar-refractivity contribution >= 4 is 40.0 Å². The molecule has 0 unspecified atom stereocenters. The van der Waals surface area contributed by atoms with Crippen molar-refractivity contribution in [1.29, 1.82) is 5.26 Å². The number of fused-ring (bicyclic) bond motifs is 2. The second-order valence-corrected chi connectivity index (χ2v) is 11.3. The maximum Gasteiger partial charge on any atom is 0.341 e. The monoisotopic (exact) mass is 511 g/mol. The molecule has 0 saturated heterocycles. The van der Waals surface area contributed by atoms with E-state index in [9.17, 15) is 14.9 Å². The Morgan fingerprint density at radius 1 is 1.11 bits per heavy atom. The van der Waals surface area contributed by atoms with Crippen molar-refractivity contribution in [1.82, 2.24) is 4.98 Å². The zero-order chi connectivity index (χ0) is 24.6. The molecule has 2 aromatic rings. The molecule has 1 amide bonds. The van der Waals surface area contributed by atoms with Crippen LogP contribution in [0.4, 0.5) is 5.00 Å². The first-order chi connectivity index (χ1) is 17.1. The molecule has 0 saturated carbocycles. The van der Waals surface area contributed by atoms with Crippen LogP contribution in [0.15, 0.2) is 11.1 Å². The number of ether oxygens (including phenoxy) is 1. The van der Waals surface area contributed by atoms with Crippen LogP contribution in [-0.2, 0) is 35.2 Å². The number of hydrogen-bond acceptors (Lipinski definition) is 7. The lowest BCUT2D eigenvalue weighted by atomic mass is 9.96. The predicted octanol–water partition coefficient (Wildman–Crippen LogP) is 6.24. The van der Waals surface area contributed by atoms with Crippen molar-refractivity contribution in [2.75, 3.05) is 17.7 Å². The lowest BCUT2D eigenvalue weighted by Crippen LogP contribution is -2.15. The highest BCUT2D eigenvalue weighted by atomic mass is 32.2. The van der Waals surface area contributed by atoms with Crippen LogP contribution < -0.4 is 5.32 Å². The number of rotatable bonds is 7. The molecule has 8 heteroatoms. The SMILES string of the molecule is CCOC(=O)c1c(NC(=O)CCSc2nc3c(cc2C#N)CCCCCC3)sc2c1CCCCC2. The largest absolute Gasteiger partial charge is 0.462 e. The molecule has 186 valence electrons. The van der Waals surface area contributed by atoms with Crippen LogP contribution in [0.2, 0.25) is 0 Å². The van der Waals surface area contributed by atoms with Crippen molar-refractivity contribution in [2.24, 2.45) is 0 Å². The summed E-state index contributed by atoms with van der Waals surface area (Å²) in [4.78, 5) is 31.6. The van der Waals surface area contributed by atoms with Crippen molar-refractivity contribution in [3.8, 4) is 6.07 Å². The van der Waals surface area contributed by atoms with Gasteiger partial charge in [0, 0.05) is 22.7 Å². The molecule has 4 rings (SSSR count). The minimum atomic E-state index is -0.347. The molecular weight excluding hydrogens is 478 g/mol. The number of pyridine rings is 1. The molecule has 0 atom stereocenters. The first-order valence-electron chi connectivity index (χ1n) is 12.8. The lowest BCUT2D eigenvalue weighted by molar-refractivity contribution is -0.115. The number of thioether (sulfide) groups is 1. The van der Waals surface area contributed by atoms with Gasteiger partial charge in [0.2, 0.25) is 5.91 Å². The summed E-state index contributed by atoms with van der Waals surface area (Å²) in [5.41, 5.74) is 4.51. The van der Waals surface area contributed by atoms with Crippen LogP contribution in [-0.4, -0.2) is 29.2 Å². The van der Waals surface area contributed by atoms with Crippen molar-refractivity contribution in [3.05, 3.63) is 38.9 Å². The van der Waals surface area contributed by atoms with Crippen LogP contribution in [0.5, 0.6) is 0 Å². The van der Waals surface area contributed by atoms with Gasteiger partial charge in [0.15, 0.2) is 0 Å². The van der Waals surface area contributed by atoms with E-state index in [4.69, 9.17) is 9.72 Å². The highest BCUT2D eigenvalue weighted by molar-refractivity contribution is 7.99. The van der Waals surface area contributed by atoms with Crippen molar-refractivity contribution < 1.29 is 14.3 Å². The van der Waals surface area contributed by atoms with Gasteiger partial charge in [0.1, 0.15) is 16.1 Å². The van der Waals surface area contributed by atoms with E-state index in [1.807, 2.05) is 6.07 Å². The molecular formula is C27H33N3O3S2. The van der Waals surface area contributed by atoms with Gasteiger partial charge in [-0.25, -0.2) is 9.78 Å². The average Bonchev–Trinajstić information content (AvgIpc) is 3.00. The number of amides is 1. The number of carbonyl (C=O) groups excluding carboxylic acids is 2. The molecule has 2 heterocycles. The standard InChI is InChI=1S/C27H33N3O3S2/c1-2-33-27(32)24-20-11-7-5-9-13-22(20)35-26(24)30-23(31)14-15-34-25-19(17-28)16-18-10-6-3-4-8-12-21(18)29-25/h16H,2-15H2,1H3,(H,30,31). The fourth-order valence-corrected chi connectivity index (χ4v) is 7.05. The maximum absolute atomic E-state index is 12.8. The zero-order valence-corrected chi connectivity index (χ0v) is 22.0.